The zero-order valence-electron chi connectivity index (χ0n) is 23.9. The van der Waals surface area contributed by atoms with Crippen molar-refractivity contribution in [1.82, 2.24) is 25.1 Å². The number of anilines is 4. The molecule has 0 radical (unpaired) electrons. The van der Waals surface area contributed by atoms with Gasteiger partial charge < -0.3 is 25.0 Å². The van der Waals surface area contributed by atoms with Gasteiger partial charge in [0, 0.05) is 37.7 Å². The van der Waals surface area contributed by atoms with Crippen molar-refractivity contribution in [1.29, 1.82) is 0 Å². The highest BCUT2D eigenvalue weighted by atomic mass is 31.2. The fourth-order valence-corrected chi connectivity index (χ4v) is 5.87. The fraction of sp³-hybridized carbons (Fsp3) is 0.286. The highest BCUT2D eigenvalue weighted by molar-refractivity contribution is 7.53. The number of carbonyl (C=O) groups is 1. The molecule has 2 heterocycles. The number of alkyl halides is 3. The van der Waals surface area contributed by atoms with Crippen molar-refractivity contribution in [3.63, 3.8) is 0 Å². The van der Waals surface area contributed by atoms with E-state index in [1.54, 1.807) is 74.4 Å². The van der Waals surface area contributed by atoms with Gasteiger partial charge in [-0.3, -0.25) is 14.0 Å². The number of benzene rings is 2. The Labute approximate surface area is 246 Å². The molecule has 1 amide bonds. The van der Waals surface area contributed by atoms with Crippen LogP contribution in [0.1, 0.15) is 35.3 Å². The van der Waals surface area contributed by atoms with Gasteiger partial charge >= 0.3 is 13.8 Å². The molecule has 0 saturated carbocycles. The molecule has 0 atom stereocenters. The van der Waals surface area contributed by atoms with Crippen LogP contribution in [-0.2, 0) is 33.0 Å². The molecule has 0 fully saturated rings. The molecule has 228 valence electrons. The van der Waals surface area contributed by atoms with Crippen molar-refractivity contribution < 1.29 is 31.6 Å². The van der Waals surface area contributed by atoms with Gasteiger partial charge in [-0.1, -0.05) is 18.2 Å². The first-order chi connectivity index (χ1) is 20.4. The summed E-state index contributed by atoms with van der Waals surface area (Å²) in [5.41, 5.74) is 1.65. The first-order valence-electron chi connectivity index (χ1n) is 13.2. The lowest BCUT2D eigenvalue weighted by Gasteiger charge is -2.18. The Morgan fingerprint density at radius 2 is 1.70 bits per heavy atom. The van der Waals surface area contributed by atoms with Gasteiger partial charge in [0.05, 0.1) is 36.8 Å². The maximum Gasteiger partial charge on any atom is 0.421 e. The van der Waals surface area contributed by atoms with Crippen LogP contribution in [-0.4, -0.2) is 45.9 Å². The molecule has 2 aromatic carbocycles. The third kappa shape index (κ3) is 7.98. The van der Waals surface area contributed by atoms with Crippen LogP contribution in [0, 0.1) is 0 Å². The van der Waals surface area contributed by atoms with Crippen LogP contribution < -0.4 is 16.0 Å². The van der Waals surface area contributed by atoms with Crippen LogP contribution in [0.5, 0.6) is 0 Å². The topological polar surface area (TPSA) is 132 Å². The Morgan fingerprint density at radius 3 is 2.28 bits per heavy atom. The highest BCUT2D eigenvalue weighted by Crippen LogP contribution is 2.51. The van der Waals surface area contributed by atoms with E-state index in [-0.39, 0.29) is 36.6 Å². The molecule has 11 nitrogen and oxygen atoms in total. The lowest BCUT2D eigenvalue weighted by Crippen LogP contribution is -2.20. The molecular formula is C28H31F3N7O4P. The van der Waals surface area contributed by atoms with Crippen LogP contribution in [0.4, 0.5) is 36.3 Å². The van der Waals surface area contributed by atoms with E-state index < -0.39 is 31.1 Å². The quantitative estimate of drug-likeness (QED) is 0.152. The summed E-state index contributed by atoms with van der Waals surface area (Å²) < 4.78 is 66.9. The molecule has 0 bridgehead atoms. The van der Waals surface area contributed by atoms with Crippen LogP contribution in [0.15, 0.2) is 61.1 Å². The Bertz CT molecular complexity index is 1620. The second-order valence-corrected chi connectivity index (χ2v) is 11.3. The van der Waals surface area contributed by atoms with Gasteiger partial charge in [-0.05, 0) is 49.2 Å². The lowest BCUT2D eigenvalue weighted by molar-refractivity contribution is -0.137. The van der Waals surface area contributed by atoms with Gasteiger partial charge in [-0.25, -0.2) is 4.98 Å². The van der Waals surface area contributed by atoms with E-state index in [9.17, 15) is 22.5 Å². The van der Waals surface area contributed by atoms with Gasteiger partial charge in [0.15, 0.2) is 0 Å². The van der Waals surface area contributed by atoms with E-state index in [0.717, 1.165) is 5.56 Å². The number of hydrogen-bond donors (Lipinski definition) is 3. The summed E-state index contributed by atoms with van der Waals surface area (Å²) in [4.78, 5) is 20.7. The maximum atomic E-state index is 13.9. The van der Waals surface area contributed by atoms with E-state index in [1.165, 1.54) is 13.1 Å². The number of halogens is 3. The SMILES string of the molecule is CCOP(=O)(Cc1ccc(Nc2ncc(C(F)(F)F)c(Nc3ccc(-c4cnn(C)c4)cc3C(=O)NC)n2)cc1)OCC. The average molecular weight is 618 g/mol. The van der Waals surface area contributed by atoms with Gasteiger partial charge in [0.1, 0.15) is 11.4 Å². The third-order valence-corrected chi connectivity index (χ3v) is 8.17. The second kappa shape index (κ2) is 13.4. The van der Waals surface area contributed by atoms with Crippen LogP contribution in [0.3, 0.4) is 0 Å². The van der Waals surface area contributed by atoms with Crippen molar-refractivity contribution in [3.05, 3.63) is 77.7 Å². The zero-order valence-corrected chi connectivity index (χ0v) is 24.8. The molecule has 4 rings (SSSR count). The third-order valence-electron chi connectivity index (χ3n) is 6.11. The standard InChI is InChI=1S/C28H31F3N7O4P/c1-5-41-43(40,42-6-2)17-18-7-10-21(11-8-18)35-27-33-15-23(28(29,30)31)25(37-27)36-24-12-9-19(13-22(24)26(39)32-3)20-14-34-38(4)16-20/h7-16H,5-6,17H2,1-4H3,(H,32,39)(H2,33,35,36,37). The molecule has 43 heavy (non-hydrogen) atoms. The van der Waals surface area contributed by atoms with Crippen molar-refractivity contribution in [2.24, 2.45) is 7.05 Å². The molecule has 4 aromatic rings. The smallest absolute Gasteiger partial charge is 0.355 e. The Morgan fingerprint density at radius 1 is 1.00 bits per heavy atom. The maximum absolute atomic E-state index is 13.9. The zero-order chi connectivity index (χ0) is 31.2. The summed E-state index contributed by atoms with van der Waals surface area (Å²) in [7, 11) is -0.139. The second-order valence-electron chi connectivity index (χ2n) is 9.25. The Balaban J connectivity index is 1.62. The molecule has 0 saturated heterocycles. The number of hydrogen-bond acceptors (Lipinski definition) is 9. The average Bonchev–Trinajstić information content (AvgIpc) is 3.40. The molecule has 0 aliphatic rings. The largest absolute Gasteiger partial charge is 0.421 e. The summed E-state index contributed by atoms with van der Waals surface area (Å²) >= 11 is 0. The minimum Gasteiger partial charge on any atom is -0.355 e. The summed E-state index contributed by atoms with van der Waals surface area (Å²) in [5, 5.41) is 12.2. The molecule has 15 heteroatoms. The number of rotatable bonds is 12. The molecule has 0 spiro atoms. The first kappa shape index (κ1) is 31.7. The number of carbonyl (C=O) groups excluding carboxylic acids is 1. The summed E-state index contributed by atoms with van der Waals surface area (Å²) in [6.07, 6.45) is -0.684. The van der Waals surface area contributed by atoms with Gasteiger partial charge in [0.2, 0.25) is 5.95 Å². The molecule has 3 N–H and O–H groups in total. The van der Waals surface area contributed by atoms with Gasteiger partial charge in [0.25, 0.3) is 5.91 Å². The summed E-state index contributed by atoms with van der Waals surface area (Å²) in [6.45, 7) is 3.92. The van der Waals surface area contributed by atoms with Gasteiger partial charge in [-0.2, -0.15) is 23.3 Å². The predicted molar refractivity (Wildman–Crippen MR) is 157 cm³/mol. The van der Waals surface area contributed by atoms with Crippen LogP contribution in [0.25, 0.3) is 11.1 Å². The fourth-order valence-electron chi connectivity index (χ4n) is 4.17. The predicted octanol–water partition coefficient (Wildman–Crippen LogP) is 6.51. The molecule has 2 aromatic heterocycles. The van der Waals surface area contributed by atoms with E-state index >= 15 is 0 Å². The van der Waals surface area contributed by atoms with E-state index in [0.29, 0.717) is 23.0 Å². The lowest BCUT2D eigenvalue weighted by atomic mass is 10.0. The molecule has 0 unspecified atom stereocenters. The number of amides is 1. The number of nitrogens with one attached hydrogen (secondary N) is 3. The van der Waals surface area contributed by atoms with Crippen molar-refractivity contribution in [2.75, 3.05) is 30.9 Å². The summed E-state index contributed by atoms with van der Waals surface area (Å²) in [6, 6.07) is 11.4. The number of aromatic nitrogens is 4. The Kier molecular flexibility index (Phi) is 9.84. The minimum atomic E-state index is -4.78. The minimum absolute atomic E-state index is 0.0626. The first-order valence-corrected chi connectivity index (χ1v) is 15.0. The van der Waals surface area contributed by atoms with Crippen molar-refractivity contribution in [3.8, 4) is 11.1 Å². The molecule has 0 aliphatic heterocycles. The van der Waals surface area contributed by atoms with Crippen molar-refractivity contribution >= 4 is 36.6 Å². The van der Waals surface area contributed by atoms with Crippen LogP contribution >= 0.6 is 7.60 Å². The highest BCUT2D eigenvalue weighted by Gasteiger charge is 2.36. The monoisotopic (exact) mass is 617 g/mol. The van der Waals surface area contributed by atoms with Crippen LogP contribution in [0.2, 0.25) is 0 Å². The van der Waals surface area contributed by atoms with Gasteiger partial charge in [-0.15, -0.1) is 0 Å². The van der Waals surface area contributed by atoms with Crippen molar-refractivity contribution in [2.45, 2.75) is 26.2 Å². The number of aryl methyl sites for hydroxylation is 1. The normalized spacial score (nSPS) is 11.8. The Hall–Kier alpha value is -4.26. The van der Waals surface area contributed by atoms with E-state index in [4.69, 9.17) is 9.05 Å². The van der Waals surface area contributed by atoms with E-state index in [1.807, 2.05) is 0 Å². The van der Waals surface area contributed by atoms with E-state index in [2.05, 4.69) is 31.0 Å². The molecule has 0 aliphatic carbocycles. The number of nitrogens with zero attached hydrogens (tertiary/aromatic N) is 4. The summed E-state index contributed by atoms with van der Waals surface area (Å²) in [5.74, 6) is -1.17. The molecular weight excluding hydrogens is 586 g/mol.